The Morgan fingerprint density at radius 2 is 1.86 bits per heavy atom. The Labute approximate surface area is 94.6 Å². The van der Waals surface area contributed by atoms with Crippen LogP contribution >= 0.6 is 15.9 Å². The molecule has 0 aliphatic rings. The van der Waals surface area contributed by atoms with Crippen molar-refractivity contribution in [1.29, 1.82) is 0 Å². The van der Waals surface area contributed by atoms with Crippen molar-refractivity contribution >= 4 is 15.9 Å². The highest BCUT2D eigenvalue weighted by Gasteiger charge is 2.08. The summed E-state index contributed by atoms with van der Waals surface area (Å²) >= 11 is 3.47. The van der Waals surface area contributed by atoms with Crippen molar-refractivity contribution in [2.24, 2.45) is 5.92 Å². The SMILES string of the molecule is Cc1cc(OC(C)C(C)C)ccc1Br. The van der Waals surface area contributed by atoms with Crippen molar-refractivity contribution in [3.8, 4) is 5.75 Å². The second kappa shape index (κ2) is 4.83. The lowest BCUT2D eigenvalue weighted by atomic mass is 10.1. The molecule has 0 aliphatic carbocycles. The first-order valence-electron chi connectivity index (χ1n) is 4.93. The number of ether oxygens (including phenoxy) is 1. The van der Waals surface area contributed by atoms with Crippen LogP contribution in [-0.4, -0.2) is 6.10 Å². The van der Waals surface area contributed by atoms with Gasteiger partial charge in [0.05, 0.1) is 6.10 Å². The average Bonchev–Trinajstić information content (AvgIpc) is 2.11. The Kier molecular flexibility index (Phi) is 3.99. The molecule has 0 radical (unpaired) electrons. The van der Waals surface area contributed by atoms with E-state index in [1.165, 1.54) is 5.56 Å². The summed E-state index contributed by atoms with van der Waals surface area (Å²) in [5.41, 5.74) is 1.21. The highest BCUT2D eigenvalue weighted by Crippen LogP contribution is 2.23. The van der Waals surface area contributed by atoms with Crippen LogP contribution in [0.1, 0.15) is 26.3 Å². The molecule has 0 aliphatic heterocycles. The summed E-state index contributed by atoms with van der Waals surface area (Å²) in [6.45, 7) is 8.49. The van der Waals surface area contributed by atoms with Gasteiger partial charge in [-0.2, -0.15) is 0 Å². The summed E-state index contributed by atoms with van der Waals surface area (Å²) in [5, 5.41) is 0. The van der Waals surface area contributed by atoms with Gasteiger partial charge in [0, 0.05) is 4.47 Å². The summed E-state index contributed by atoms with van der Waals surface area (Å²) in [6.07, 6.45) is 0.260. The van der Waals surface area contributed by atoms with Crippen molar-refractivity contribution in [1.82, 2.24) is 0 Å². The van der Waals surface area contributed by atoms with E-state index >= 15 is 0 Å². The molecular weight excluding hydrogens is 240 g/mol. The molecule has 1 atom stereocenters. The average molecular weight is 257 g/mol. The Hall–Kier alpha value is -0.500. The number of rotatable bonds is 3. The minimum absolute atomic E-state index is 0.260. The molecule has 0 amide bonds. The Balaban J connectivity index is 2.73. The first kappa shape index (κ1) is 11.6. The minimum Gasteiger partial charge on any atom is -0.490 e. The van der Waals surface area contributed by atoms with Crippen molar-refractivity contribution in [2.45, 2.75) is 33.8 Å². The standard InChI is InChI=1S/C12H17BrO/c1-8(2)10(4)14-11-5-6-12(13)9(3)7-11/h5-8,10H,1-4H3. The van der Waals surface area contributed by atoms with E-state index in [2.05, 4.69) is 49.7 Å². The van der Waals surface area contributed by atoms with Gasteiger partial charge in [-0.25, -0.2) is 0 Å². The van der Waals surface area contributed by atoms with Crippen LogP contribution in [0.5, 0.6) is 5.75 Å². The third-order valence-electron chi connectivity index (χ3n) is 2.39. The molecule has 1 unspecified atom stereocenters. The summed E-state index contributed by atoms with van der Waals surface area (Å²) in [5.74, 6) is 1.49. The van der Waals surface area contributed by atoms with Crippen LogP contribution in [0.15, 0.2) is 22.7 Å². The molecule has 0 heterocycles. The van der Waals surface area contributed by atoms with Crippen molar-refractivity contribution in [3.63, 3.8) is 0 Å². The van der Waals surface area contributed by atoms with Crippen molar-refractivity contribution in [3.05, 3.63) is 28.2 Å². The largest absolute Gasteiger partial charge is 0.490 e. The quantitative estimate of drug-likeness (QED) is 0.789. The van der Waals surface area contributed by atoms with E-state index in [4.69, 9.17) is 4.74 Å². The maximum absolute atomic E-state index is 5.79. The summed E-state index contributed by atoms with van der Waals surface area (Å²) < 4.78 is 6.92. The number of halogens is 1. The zero-order valence-electron chi connectivity index (χ0n) is 9.17. The van der Waals surface area contributed by atoms with Crippen LogP contribution in [0, 0.1) is 12.8 Å². The van der Waals surface area contributed by atoms with Gasteiger partial charge in [0.1, 0.15) is 5.75 Å². The third-order valence-corrected chi connectivity index (χ3v) is 3.28. The maximum atomic E-state index is 5.79. The monoisotopic (exact) mass is 256 g/mol. The summed E-state index contributed by atoms with van der Waals surface area (Å²) in [7, 11) is 0. The van der Waals surface area contributed by atoms with E-state index in [1.807, 2.05) is 12.1 Å². The predicted molar refractivity (Wildman–Crippen MR) is 63.8 cm³/mol. The topological polar surface area (TPSA) is 9.23 Å². The number of benzene rings is 1. The van der Waals surface area contributed by atoms with Gasteiger partial charge in [-0.1, -0.05) is 29.8 Å². The van der Waals surface area contributed by atoms with Crippen LogP contribution < -0.4 is 4.74 Å². The second-order valence-electron chi connectivity index (χ2n) is 3.98. The van der Waals surface area contributed by atoms with Gasteiger partial charge < -0.3 is 4.74 Å². The normalized spacial score (nSPS) is 13.0. The van der Waals surface area contributed by atoms with Crippen LogP contribution in [0.2, 0.25) is 0 Å². The van der Waals surface area contributed by atoms with Crippen LogP contribution in [0.3, 0.4) is 0 Å². The third kappa shape index (κ3) is 3.02. The van der Waals surface area contributed by atoms with Crippen molar-refractivity contribution in [2.75, 3.05) is 0 Å². The fourth-order valence-electron chi connectivity index (χ4n) is 1.04. The smallest absolute Gasteiger partial charge is 0.120 e. The molecule has 2 heteroatoms. The van der Waals surface area contributed by atoms with E-state index in [9.17, 15) is 0 Å². The maximum Gasteiger partial charge on any atom is 0.120 e. The molecule has 0 spiro atoms. The van der Waals surface area contributed by atoms with Crippen molar-refractivity contribution < 1.29 is 4.74 Å². The number of hydrogen-bond donors (Lipinski definition) is 0. The zero-order valence-corrected chi connectivity index (χ0v) is 10.8. The minimum atomic E-state index is 0.260. The predicted octanol–water partition coefficient (Wildman–Crippen LogP) is 4.18. The molecule has 0 saturated heterocycles. The van der Waals surface area contributed by atoms with Gasteiger partial charge in [-0.05, 0) is 43.5 Å². The molecule has 1 aromatic carbocycles. The van der Waals surface area contributed by atoms with Gasteiger partial charge in [0.25, 0.3) is 0 Å². The second-order valence-corrected chi connectivity index (χ2v) is 4.83. The first-order valence-corrected chi connectivity index (χ1v) is 5.73. The molecule has 1 aromatic rings. The van der Waals surface area contributed by atoms with Crippen LogP contribution in [0.4, 0.5) is 0 Å². The molecule has 0 bridgehead atoms. The molecule has 1 rings (SSSR count). The lowest BCUT2D eigenvalue weighted by Crippen LogP contribution is -2.18. The van der Waals surface area contributed by atoms with E-state index < -0.39 is 0 Å². The molecule has 0 fully saturated rings. The molecule has 0 aromatic heterocycles. The van der Waals surface area contributed by atoms with Crippen LogP contribution in [-0.2, 0) is 0 Å². The molecule has 0 saturated carbocycles. The lowest BCUT2D eigenvalue weighted by Gasteiger charge is -2.18. The molecule has 0 N–H and O–H groups in total. The first-order chi connectivity index (χ1) is 6.50. The highest BCUT2D eigenvalue weighted by atomic mass is 79.9. The Morgan fingerprint density at radius 1 is 1.21 bits per heavy atom. The zero-order chi connectivity index (χ0) is 10.7. The fraction of sp³-hybridized carbons (Fsp3) is 0.500. The Bertz CT molecular complexity index is 307. The molecular formula is C12H17BrO. The summed E-state index contributed by atoms with van der Waals surface area (Å²) in [4.78, 5) is 0. The van der Waals surface area contributed by atoms with E-state index in [0.717, 1.165) is 10.2 Å². The van der Waals surface area contributed by atoms with E-state index in [0.29, 0.717) is 5.92 Å². The van der Waals surface area contributed by atoms with Gasteiger partial charge in [-0.3, -0.25) is 0 Å². The molecule has 1 nitrogen and oxygen atoms in total. The fourth-order valence-corrected chi connectivity index (χ4v) is 1.29. The molecule has 14 heavy (non-hydrogen) atoms. The van der Waals surface area contributed by atoms with Crippen LogP contribution in [0.25, 0.3) is 0 Å². The number of hydrogen-bond acceptors (Lipinski definition) is 1. The van der Waals surface area contributed by atoms with Gasteiger partial charge in [-0.15, -0.1) is 0 Å². The molecule has 78 valence electrons. The van der Waals surface area contributed by atoms with E-state index in [1.54, 1.807) is 0 Å². The van der Waals surface area contributed by atoms with Gasteiger partial charge >= 0.3 is 0 Å². The number of aryl methyl sites for hydroxylation is 1. The van der Waals surface area contributed by atoms with Gasteiger partial charge in [0.2, 0.25) is 0 Å². The lowest BCUT2D eigenvalue weighted by molar-refractivity contribution is 0.170. The Morgan fingerprint density at radius 3 is 2.36 bits per heavy atom. The summed E-state index contributed by atoms with van der Waals surface area (Å²) in [6, 6.07) is 6.08. The van der Waals surface area contributed by atoms with E-state index in [-0.39, 0.29) is 6.10 Å². The van der Waals surface area contributed by atoms with Gasteiger partial charge in [0.15, 0.2) is 0 Å². The highest BCUT2D eigenvalue weighted by molar-refractivity contribution is 9.10.